The summed E-state index contributed by atoms with van der Waals surface area (Å²) in [6.07, 6.45) is 11.3. The molecule has 0 spiro atoms. The SMILES string of the molecule is COC1CCCC(N2CCCCC2CCBr)C1. The molecule has 1 saturated heterocycles. The molecule has 0 radical (unpaired) electrons. The number of halogens is 1. The second-order valence-corrected chi connectivity index (χ2v) is 6.34. The zero-order chi connectivity index (χ0) is 12.1. The van der Waals surface area contributed by atoms with Gasteiger partial charge in [-0.15, -0.1) is 0 Å². The maximum Gasteiger partial charge on any atom is 0.0586 e. The molecule has 17 heavy (non-hydrogen) atoms. The van der Waals surface area contributed by atoms with Gasteiger partial charge in [-0.25, -0.2) is 0 Å². The number of methoxy groups -OCH3 is 1. The normalized spacial score (nSPS) is 36.0. The summed E-state index contributed by atoms with van der Waals surface area (Å²) >= 11 is 3.61. The number of likely N-dealkylation sites (tertiary alicyclic amines) is 1. The number of alkyl halides is 1. The minimum absolute atomic E-state index is 0.514. The average molecular weight is 304 g/mol. The molecule has 1 aliphatic carbocycles. The highest BCUT2D eigenvalue weighted by atomic mass is 79.9. The van der Waals surface area contributed by atoms with E-state index in [2.05, 4.69) is 20.8 Å². The van der Waals surface area contributed by atoms with E-state index in [-0.39, 0.29) is 0 Å². The molecule has 2 nitrogen and oxygen atoms in total. The van der Waals surface area contributed by atoms with E-state index in [0.29, 0.717) is 6.10 Å². The van der Waals surface area contributed by atoms with Gasteiger partial charge in [0.25, 0.3) is 0 Å². The van der Waals surface area contributed by atoms with Crippen molar-refractivity contribution in [3.05, 3.63) is 0 Å². The Morgan fingerprint density at radius 1 is 1.18 bits per heavy atom. The number of hydrogen-bond donors (Lipinski definition) is 0. The summed E-state index contributed by atoms with van der Waals surface area (Å²) in [6.45, 7) is 1.32. The summed E-state index contributed by atoms with van der Waals surface area (Å²) in [5.41, 5.74) is 0. The fourth-order valence-electron chi connectivity index (χ4n) is 3.58. The predicted molar refractivity (Wildman–Crippen MR) is 75.8 cm³/mol. The fourth-order valence-corrected chi connectivity index (χ4v) is 4.10. The van der Waals surface area contributed by atoms with Gasteiger partial charge in [-0.3, -0.25) is 4.90 Å². The van der Waals surface area contributed by atoms with Gasteiger partial charge in [0, 0.05) is 24.5 Å². The molecule has 3 unspecified atom stereocenters. The van der Waals surface area contributed by atoms with Crippen LogP contribution in [0, 0.1) is 0 Å². The molecular formula is C14H26BrNO. The second kappa shape index (κ2) is 7.10. The number of ether oxygens (including phenoxy) is 1. The van der Waals surface area contributed by atoms with Gasteiger partial charge in [0.15, 0.2) is 0 Å². The Bertz CT molecular complexity index is 222. The second-order valence-electron chi connectivity index (χ2n) is 5.54. The first kappa shape index (κ1) is 13.8. The molecule has 0 aromatic rings. The van der Waals surface area contributed by atoms with E-state index in [4.69, 9.17) is 4.74 Å². The van der Waals surface area contributed by atoms with Gasteiger partial charge in [-0.1, -0.05) is 22.4 Å². The molecule has 0 amide bonds. The Balaban J connectivity index is 1.92. The van der Waals surface area contributed by atoms with Crippen molar-refractivity contribution in [3.63, 3.8) is 0 Å². The van der Waals surface area contributed by atoms with Crippen LogP contribution in [0.5, 0.6) is 0 Å². The van der Waals surface area contributed by atoms with Gasteiger partial charge >= 0.3 is 0 Å². The molecule has 1 aliphatic heterocycles. The van der Waals surface area contributed by atoms with Gasteiger partial charge in [0.2, 0.25) is 0 Å². The first-order chi connectivity index (χ1) is 8.35. The summed E-state index contributed by atoms with van der Waals surface area (Å²) in [6, 6.07) is 1.61. The molecule has 3 atom stereocenters. The largest absolute Gasteiger partial charge is 0.381 e. The Labute approximate surface area is 114 Å². The fraction of sp³-hybridized carbons (Fsp3) is 1.00. The minimum Gasteiger partial charge on any atom is -0.381 e. The minimum atomic E-state index is 0.514. The van der Waals surface area contributed by atoms with Crippen molar-refractivity contribution in [2.24, 2.45) is 0 Å². The van der Waals surface area contributed by atoms with Crippen molar-refractivity contribution in [1.82, 2.24) is 4.90 Å². The molecule has 1 heterocycles. The highest BCUT2D eigenvalue weighted by Crippen LogP contribution is 2.31. The molecule has 0 aromatic heterocycles. The Kier molecular flexibility index (Phi) is 5.78. The molecule has 3 heteroatoms. The molecule has 0 N–H and O–H groups in total. The third-order valence-electron chi connectivity index (χ3n) is 4.52. The summed E-state index contributed by atoms with van der Waals surface area (Å²) in [5.74, 6) is 0. The van der Waals surface area contributed by atoms with Crippen LogP contribution in [-0.2, 0) is 4.74 Å². The maximum absolute atomic E-state index is 5.57. The number of piperidine rings is 1. The van der Waals surface area contributed by atoms with E-state index in [1.54, 1.807) is 0 Å². The van der Waals surface area contributed by atoms with Crippen LogP contribution in [-0.4, -0.2) is 42.1 Å². The quantitative estimate of drug-likeness (QED) is 0.736. The van der Waals surface area contributed by atoms with Crippen molar-refractivity contribution in [2.75, 3.05) is 19.0 Å². The van der Waals surface area contributed by atoms with Crippen LogP contribution in [0.3, 0.4) is 0 Å². The topological polar surface area (TPSA) is 12.5 Å². The van der Waals surface area contributed by atoms with Gasteiger partial charge in [0.05, 0.1) is 6.10 Å². The van der Waals surface area contributed by atoms with Crippen molar-refractivity contribution >= 4 is 15.9 Å². The van der Waals surface area contributed by atoms with E-state index in [1.165, 1.54) is 57.9 Å². The first-order valence-corrected chi connectivity index (χ1v) is 8.31. The van der Waals surface area contributed by atoms with Crippen LogP contribution < -0.4 is 0 Å². The van der Waals surface area contributed by atoms with Crippen molar-refractivity contribution in [1.29, 1.82) is 0 Å². The summed E-state index contributed by atoms with van der Waals surface area (Å²) in [4.78, 5) is 2.80. The molecular weight excluding hydrogens is 278 g/mol. The van der Waals surface area contributed by atoms with E-state index < -0.39 is 0 Å². The highest BCUT2D eigenvalue weighted by Gasteiger charge is 2.32. The Morgan fingerprint density at radius 2 is 2.06 bits per heavy atom. The molecule has 100 valence electrons. The molecule has 2 fully saturated rings. The van der Waals surface area contributed by atoms with Gasteiger partial charge < -0.3 is 4.74 Å². The molecule has 2 aliphatic rings. The molecule has 1 saturated carbocycles. The van der Waals surface area contributed by atoms with Gasteiger partial charge in [-0.05, 0) is 51.5 Å². The Hall–Kier alpha value is 0.400. The smallest absolute Gasteiger partial charge is 0.0586 e. The lowest BCUT2D eigenvalue weighted by atomic mass is 9.88. The van der Waals surface area contributed by atoms with Gasteiger partial charge in [0.1, 0.15) is 0 Å². The van der Waals surface area contributed by atoms with Crippen molar-refractivity contribution in [2.45, 2.75) is 69.6 Å². The van der Waals surface area contributed by atoms with E-state index in [1.807, 2.05) is 7.11 Å². The highest BCUT2D eigenvalue weighted by molar-refractivity contribution is 9.09. The summed E-state index contributed by atoms with van der Waals surface area (Å²) < 4.78 is 5.57. The lowest BCUT2D eigenvalue weighted by molar-refractivity contribution is 0.00344. The maximum atomic E-state index is 5.57. The predicted octanol–water partition coefficient (Wildman–Crippen LogP) is 3.58. The summed E-state index contributed by atoms with van der Waals surface area (Å²) in [5, 5.41) is 1.15. The third-order valence-corrected chi connectivity index (χ3v) is 4.97. The lowest BCUT2D eigenvalue weighted by Gasteiger charge is -2.44. The van der Waals surface area contributed by atoms with Crippen LogP contribution in [0.2, 0.25) is 0 Å². The molecule has 2 rings (SSSR count). The van der Waals surface area contributed by atoms with Crippen LogP contribution in [0.1, 0.15) is 51.4 Å². The average Bonchev–Trinajstić information content (AvgIpc) is 2.40. The zero-order valence-corrected chi connectivity index (χ0v) is 12.6. The summed E-state index contributed by atoms with van der Waals surface area (Å²) in [7, 11) is 1.87. The van der Waals surface area contributed by atoms with Crippen molar-refractivity contribution in [3.8, 4) is 0 Å². The zero-order valence-electron chi connectivity index (χ0n) is 11.0. The Morgan fingerprint density at radius 3 is 2.82 bits per heavy atom. The van der Waals surface area contributed by atoms with E-state index in [9.17, 15) is 0 Å². The van der Waals surface area contributed by atoms with Crippen LogP contribution in [0.15, 0.2) is 0 Å². The molecule has 0 bridgehead atoms. The number of hydrogen-bond acceptors (Lipinski definition) is 2. The van der Waals surface area contributed by atoms with Crippen LogP contribution in [0.4, 0.5) is 0 Å². The monoisotopic (exact) mass is 303 g/mol. The standard InChI is InChI=1S/C14H26BrNO/c1-17-14-7-4-6-13(11-14)16-10-3-2-5-12(16)8-9-15/h12-14H,2-11H2,1H3. The number of rotatable bonds is 4. The van der Waals surface area contributed by atoms with E-state index >= 15 is 0 Å². The van der Waals surface area contributed by atoms with Crippen LogP contribution >= 0.6 is 15.9 Å². The van der Waals surface area contributed by atoms with Crippen LogP contribution in [0.25, 0.3) is 0 Å². The van der Waals surface area contributed by atoms with Crippen molar-refractivity contribution < 1.29 is 4.74 Å². The molecule has 0 aromatic carbocycles. The number of nitrogens with zero attached hydrogens (tertiary/aromatic N) is 1. The van der Waals surface area contributed by atoms with E-state index in [0.717, 1.165) is 17.4 Å². The third kappa shape index (κ3) is 3.68. The van der Waals surface area contributed by atoms with Gasteiger partial charge in [-0.2, -0.15) is 0 Å². The lowest BCUT2D eigenvalue weighted by Crippen LogP contribution is -2.49. The first-order valence-electron chi connectivity index (χ1n) is 7.19.